The third kappa shape index (κ3) is 4.93. The molecule has 0 atom stereocenters. The molecular weight excluding hydrogens is 328 g/mol. The van der Waals surface area contributed by atoms with Gasteiger partial charge in [0.2, 0.25) is 0 Å². The van der Waals surface area contributed by atoms with Gasteiger partial charge in [-0.25, -0.2) is 5.43 Å². The molecule has 2 rings (SSSR count). The fourth-order valence-corrected chi connectivity index (χ4v) is 1.93. The van der Waals surface area contributed by atoms with E-state index in [1.54, 1.807) is 0 Å². The number of nitro benzene ring substituents is 1. The number of ether oxygens (including phenoxy) is 1. The maximum absolute atomic E-state index is 11.7. The first-order valence-corrected chi connectivity index (χ1v) is 7.15. The topological polar surface area (TPSA) is 129 Å². The van der Waals surface area contributed by atoms with Gasteiger partial charge in [0.05, 0.1) is 24.8 Å². The molecule has 25 heavy (non-hydrogen) atoms. The zero-order valence-electron chi connectivity index (χ0n) is 13.3. The van der Waals surface area contributed by atoms with Crippen LogP contribution < -0.4 is 20.6 Å². The summed E-state index contributed by atoms with van der Waals surface area (Å²) < 4.78 is 4.82. The molecule has 0 unspecified atom stereocenters. The number of para-hydroxylation sites is 1. The van der Waals surface area contributed by atoms with Crippen molar-refractivity contribution in [1.29, 1.82) is 0 Å². The summed E-state index contributed by atoms with van der Waals surface area (Å²) in [5.41, 5.74) is 2.69. The molecule has 130 valence electrons. The van der Waals surface area contributed by atoms with E-state index >= 15 is 0 Å². The normalized spacial score (nSPS) is 10.4. The number of carbonyl (C=O) groups excluding carboxylic acids is 1. The zero-order chi connectivity index (χ0) is 18.2. The molecule has 0 spiro atoms. The van der Waals surface area contributed by atoms with Crippen LogP contribution in [-0.2, 0) is 4.79 Å². The second-order valence-corrected chi connectivity index (χ2v) is 4.84. The molecule has 0 bridgehead atoms. The maximum Gasteiger partial charge on any atom is 0.266 e. The summed E-state index contributed by atoms with van der Waals surface area (Å²) in [6, 6.07) is 11.5. The fourth-order valence-electron chi connectivity index (χ4n) is 1.93. The van der Waals surface area contributed by atoms with Crippen molar-refractivity contribution in [3.8, 4) is 11.5 Å². The van der Waals surface area contributed by atoms with E-state index in [4.69, 9.17) is 4.74 Å². The summed E-state index contributed by atoms with van der Waals surface area (Å²) in [6.45, 7) is 0.00429. The van der Waals surface area contributed by atoms with Gasteiger partial charge >= 0.3 is 0 Å². The van der Waals surface area contributed by atoms with E-state index in [0.717, 1.165) is 11.8 Å². The van der Waals surface area contributed by atoms with Crippen LogP contribution in [0.15, 0.2) is 47.6 Å². The van der Waals surface area contributed by atoms with E-state index in [2.05, 4.69) is 15.8 Å². The van der Waals surface area contributed by atoms with Crippen LogP contribution in [0.3, 0.4) is 0 Å². The van der Waals surface area contributed by atoms with Crippen molar-refractivity contribution in [1.82, 2.24) is 5.43 Å². The van der Waals surface area contributed by atoms with E-state index < -0.39 is 22.3 Å². The Balaban J connectivity index is 1.98. The molecule has 2 aromatic rings. The number of nitro groups is 1. The number of hydrogen-bond donors (Lipinski definition) is 2. The standard InChI is InChI=1S/C16H16N4O5/c1-25-14-8-11(7-13(16(14)22)20(23)24)9-18-19-15(21)10-17-12-5-3-2-4-6-12/h2-9,17,22H,10H2,1H3,(H,19,21)/p-1/b18-9-. The molecule has 0 heterocycles. The first kappa shape index (κ1) is 17.7. The molecule has 9 heteroatoms. The van der Waals surface area contributed by atoms with Gasteiger partial charge in [-0.1, -0.05) is 18.2 Å². The van der Waals surface area contributed by atoms with Gasteiger partial charge in [0.1, 0.15) is 5.75 Å². The number of hydrogen-bond acceptors (Lipinski definition) is 7. The number of nitrogens with one attached hydrogen (secondary N) is 2. The Morgan fingerprint density at radius 2 is 2.04 bits per heavy atom. The van der Waals surface area contributed by atoms with Gasteiger partial charge < -0.3 is 15.2 Å². The number of amides is 1. The Kier molecular flexibility index (Phi) is 5.88. The Labute approximate surface area is 143 Å². The van der Waals surface area contributed by atoms with E-state index in [1.807, 2.05) is 30.3 Å². The van der Waals surface area contributed by atoms with Crippen LogP contribution in [0.2, 0.25) is 0 Å². The van der Waals surface area contributed by atoms with Gasteiger partial charge in [-0.15, -0.1) is 0 Å². The Morgan fingerprint density at radius 1 is 1.32 bits per heavy atom. The summed E-state index contributed by atoms with van der Waals surface area (Å²) in [4.78, 5) is 21.8. The van der Waals surface area contributed by atoms with Crippen molar-refractivity contribution in [3.05, 3.63) is 58.1 Å². The van der Waals surface area contributed by atoms with Crippen molar-refractivity contribution in [2.45, 2.75) is 0 Å². The molecule has 1 amide bonds. The van der Waals surface area contributed by atoms with E-state index in [-0.39, 0.29) is 17.9 Å². The number of methoxy groups -OCH3 is 1. The Hall–Kier alpha value is -3.62. The highest BCUT2D eigenvalue weighted by molar-refractivity contribution is 5.85. The second-order valence-electron chi connectivity index (χ2n) is 4.84. The average Bonchev–Trinajstić information content (AvgIpc) is 2.61. The summed E-state index contributed by atoms with van der Waals surface area (Å²) >= 11 is 0. The number of anilines is 1. The quantitative estimate of drug-likeness (QED) is 0.442. The van der Waals surface area contributed by atoms with Crippen LogP contribution in [0.1, 0.15) is 5.56 Å². The lowest BCUT2D eigenvalue weighted by Gasteiger charge is -2.12. The maximum atomic E-state index is 11.7. The Bertz CT molecular complexity index is 793. The Morgan fingerprint density at radius 3 is 2.68 bits per heavy atom. The molecule has 0 aliphatic rings. The molecule has 0 aliphatic carbocycles. The molecular formula is C16H15N4O5-. The van der Waals surface area contributed by atoms with Crippen molar-refractivity contribution in [3.63, 3.8) is 0 Å². The van der Waals surface area contributed by atoms with E-state index in [9.17, 15) is 20.0 Å². The minimum absolute atomic E-state index is 0.00429. The summed E-state index contributed by atoms with van der Waals surface area (Å²) in [5.74, 6) is -1.39. The smallest absolute Gasteiger partial charge is 0.266 e. The highest BCUT2D eigenvalue weighted by atomic mass is 16.6. The number of rotatable bonds is 7. The molecule has 2 N–H and O–H groups in total. The van der Waals surface area contributed by atoms with E-state index in [0.29, 0.717) is 0 Å². The highest BCUT2D eigenvalue weighted by Gasteiger charge is 2.12. The van der Waals surface area contributed by atoms with Gasteiger partial charge in [-0.05, 0) is 18.2 Å². The van der Waals surface area contributed by atoms with Gasteiger partial charge in [-0.3, -0.25) is 14.9 Å². The van der Waals surface area contributed by atoms with Crippen molar-refractivity contribution in [2.75, 3.05) is 19.0 Å². The molecule has 0 radical (unpaired) electrons. The summed E-state index contributed by atoms with van der Waals surface area (Å²) in [6.07, 6.45) is 1.19. The first-order chi connectivity index (χ1) is 12.0. The van der Waals surface area contributed by atoms with Crippen LogP contribution in [-0.4, -0.2) is 30.7 Å². The van der Waals surface area contributed by atoms with Gasteiger partial charge in [0, 0.05) is 23.1 Å². The molecule has 0 aliphatic heterocycles. The van der Waals surface area contributed by atoms with Crippen molar-refractivity contribution in [2.24, 2.45) is 5.10 Å². The molecule has 0 aromatic heterocycles. The van der Waals surface area contributed by atoms with Gasteiger partial charge in [-0.2, -0.15) is 5.10 Å². The lowest BCUT2D eigenvalue weighted by atomic mass is 10.2. The third-order valence-corrected chi connectivity index (χ3v) is 3.10. The number of hydrazone groups is 1. The lowest BCUT2D eigenvalue weighted by Crippen LogP contribution is -2.25. The lowest BCUT2D eigenvalue weighted by molar-refractivity contribution is -0.398. The molecule has 0 saturated heterocycles. The predicted octanol–water partition coefficient (Wildman–Crippen LogP) is 1.24. The van der Waals surface area contributed by atoms with Crippen molar-refractivity contribution >= 4 is 23.5 Å². The number of carbonyl (C=O) groups is 1. The third-order valence-electron chi connectivity index (χ3n) is 3.10. The summed E-state index contributed by atoms with van der Waals surface area (Å²) in [5, 5.41) is 29.2. The molecule has 0 saturated carbocycles. The average molecular weight is 343 g/mol. The first-order valence-electron chi connectivity index (χ1n) is 7.15. The number of nitrogens with zero attached hydrogens (tertiary/aromatic N) is 2. The van der Waals surface area contributed by atoms with Gasteiger partial charge in [0.25, 0.3) is 11.6 Å². The molecule has 0 fully saturated rings. The minimum atomic E-state index is -0.819. The predicted molar refractivity (Wildman–Crippen MR) is 89.8 cm³/mol. The van der Waals surface area contributed by atoms with Crippen molar-refractivity contribution < 1.29 is 19.6 Å². The monoisotopic (exact) mass is 343 g/mol. The number of benzene rings is 2. The van der Waals surface area contributed by atoms with Gasteiger partial charge in [0.15, 0.2) is 0 Å². The second kappa shape index (κ2) is 8.29. The molecule has 9 nitrogen and oxygen atoms in total. The van der Waals surface area contributed by atoms with Crippen LogP contribution in [0.25, 0.3) is 0 Å². The SMILES string of the molecule is COc1cc(/C=N\NC(=O)CNc2ccccc2)cc([N+](=O)[O-])c1[O-]. The molecule has 2 aromatic carbocycles. The minimum Gasteiger partial charge on any atom is -0.865 e. The zero-order valence-corrected chi connectivity index (χ0v) is 13.3. The summed E-state index contributed by atoms with van der Waals surface area (Å²) in [7, 11) is 1.23. The largest absolute Gasteiger partial charge is 0.865 e. The highest BCUT2D eigenvalue weighted by Crippen LogP contribution is 2.33. The fraction of sp³-hybridized carbons (Fsp3) is 0.125. The van der Waals surface area contributed by atoms with Crippen LogP contribution >= 0.6 is 0 Å². The van der Waals surface area contributed by atoms with Crippen LogP contribution in [0, 0.1) is 10.1 Å². The van der Waals surface area contributed by atoms with Crippen LogP contribution in [0.5, 0.6) is 11.5 Å². The van der Waals surface area contributed by atoms with Crippen LogP contribution in [0.4, 0.5) is 11.4 Å². The van der Waals surface area contributed by atoms with E-state index in [1.165, 1.54) is 19.4 Å².